The van der Waals surface area contributed by atoms with Crippen molar-refractivity contribution in [3.8, 4) is 0 Å². The maximum Gasteiger partial charge on any atom is 0.164 e. The maximum absolute atomic E-state index is 13.3. The molecule has 1 aliphatic heterocycles. The molecule has 0 aliphatic carbocycles. The zero-order chi connectivity index (χ0) is 11.4. The molecule has 0 amide bonds. The minimum Gasteiger partial charge on any atom is -0.372 e. The van der Waals surface area contributed by atoms with Crippen molar-refractivity contribution in [3.63, 3.8) is 0 Å². The van der Waals surface area contributed by atoms with Crippen molar-refractivity contribution in [1.29, 1.82) is 0 Å². The van der Waals surface area contributed by atoms with Crippen molar-refractivity contribution in [3.05, 3.63) is 35.4 Å². The molecule has 1 heterocycles. The average Bonchev–Trinajstić information content (AvgIpc) is 2.32. The molecule has 1 atom stereocenters. The third kappa shape index (κ3) is 2.77. The van der Waals surface area contributed by atoms with E-state index in [2.05, 4.69) is 5.32 Å². The average molecular weight is 227 g/mol. The van der Waals surface area contributed by atoms with E-state index in [0.29, 0.717) is 0 Å². The molecule has 1 unspecified atom stereocenters. The molecule has 0 saturated carbocycles. The molecule has 1 N–H and O–H groups in total. The molecule has 4 heteroatoms. The second-order valence-electron chi connectivity index (χ2n) is 3.99. The fourth-order valence-corrected chi connectivity index (χ4v) is 1.83. The van der Waals surface area contributed by atoms with Crippen molar-refractivity contribution in [1.82, 2.24) is 5.32 Å². The van der Waals surface area contributed by atoms with Gasteiger partial charge in [-0.3, -0.25) is 0 Å². The monoisotopic (exact) mass is 227 g/mol. The van der Waals surface area contributed by atoms with Crippen LogP contribution in [0.2, 0.25) is 0 Å². The van der Waals surface area contributed by atoms with Gasteiger partial charge in [-0.05, 0) is 25.5 Å². The number of piperidine rings is 1. The predicted molar refractivity (Wildman–Crippen MR) is 57.0 cm³/mol. The molecular formula is C12H15F2NO. The molecular weight excluding hydrogens is 212 g/mol. The number of rotatable bonds is 3. The van der Waals surface area contributed by atoms with Crippen LogP contribution < -0.4 is 5.32 Å². The molecule has 1 aromatic rings. The van der Waals surface area contributed by atoms with E-state index in [-0.39, 0.29) is 18.3 Å². The van der Waals surface area contributed by atoms with Crippen LogP contribution in [0.5, 0.6) is 0 Å². The summed E-state index contributed by atoms with van der Waals surface area (Å²) >= 11 is 0. The predicted octanol–water partition coefficient (Wildman–Crippen LogP) is 2.23. The lowest BCUT2D eigenvalue weighted by Gasteiger charge is -2.23. The summed E-state index contributed by atoms with van der Waals surface area (Å²) in [5.41, 5.74) is 0.283. The van der Waals surface area contributed by atoms with E-state index in [9.17, 15) is 8.78 Å². The number of ether oxygens (including phenoxy) is 1. The van der Waals surface area contributed by atoms with Gasteiger partial charge in [-0.15, -0.1) is 0 Å². The molecule has 0 radical (unpaired) electrons. The quantitative estimate of drug-likeness (QED) is 0.855. The van der Waals surface area contributed by atoms with Gasteiger partial charge in [0.25, 0.3) is 0 Å². The van der Waals surface area contributed by atoms with Gasteiger partial charge in [-0.25, -0.2) is 8.78 Å². The van der Waals surface area contributed by atoms with Crippen LogP contribution in [0, 0.1) is 11.6 Å². The van der Waals surface area contributed by atoms with Gasteiger partial charge in [-0.1, -0.05) is 12.1 Å². The smallest absolute Gasteiger partial charge is 0.164 e. The van der Waals surface area contributed by atoms with Crippen LogP contribution in [0.25, 0.3) is 0 Å². The molecule has 88 valence electrons. The Morgan fingerprint density at radius 2 is 2.25 bits per heavy atom. The van der Waals surface area contributed by atoms with Crippen LogP contribution in [0.4, 0.5) is 8.78 Å². The second-order valence-corrected chi connectivity index (χ2v) is 3.99. The highest BCUT2D eigenvalue weighted by Crippen LogP contribution is 2.15. The molecule has 2 rings (SSSR count). The van der Waals surface area contributed by atoms with Gasteiger partial charge in [0.05, 0.1) is 12.7 Å². The first-order valence-electron chi connectivity index (χ1n) is 5.52. The summed E-state index contributed by atoms with van der Waals surface area (Å²) in [7, 11) is 0. The van der Waals surface area contributed by atoms with E-state index in [1.54, 1.807) is 6.07 Å². The third-order valence-electron chi connectivity index (χ3n) is 2.76. The number of halogens is 2. The Bertz CT molecular complexity index is 351. The van der Waals surface area contributed by atoms with Crippen LogP contribution >= 0.6 is 0 Å². The summed E-state index contributed by atoms with van der Waals surface area (Å²) in [5.74, 6) is -1.62. The first-order chi connectivity index (χ1) is 7.77. The van der Waals surface area contributed by atoms with Crippen molar-refractivity contribution < 1.29 is 13.5 Å². The molecule has 2 nitrogen and oxygen atoms in total. The molecule has 1 saturated heterocycles. The number of nitrogens with one attached hydrogen (secondary N) is 1. The first kappa shape index (κ1) is 11.5. The number of hydrogen-bond acceptors (Lipinski definition) is 2. The summed E-state index contributed by atoms with van der Waals surface area (Å²) in [6, 6.07) is 4.16. The molecule has 0 bridgehead atoms. The lowest BCUT2D eigenvalue weighted by atomic mass is 10.1. The SMILES string of the molecule is Fc1cccc(COC2CCCNC2)c1F. The number of hydrogen-bond donors (Lipinski definition) is 1. The van der Waals surface area contributed by atoms with E-state index in [4.69, 9.17) is 4.74 Å². The summed E-state index contributed by atoms with van der Waals surface area (Å²) in [4.78, 5) is 0. The van der Waals surface area contributed by atoms with E-state index in [1.807, 2.05) is 0 Å². The lowest BCUT2D eigenvalue weighted by Crippen LogP contribution is -2.35. The van der Waals surface area contributed by atoms with E-state index in [1.165, 1.54) is 6.07 Å². The Kier molecular flexibility index (Phi) is 3.85. The normalized spacial score (nSPS) is 21.0. The standard InChI is InChI=1S/C12H15F2NO/c13-11-5-1-3-9(12(11)14)8-16-10-4-2-6-15-7-10/h1,3,5,10,15H,2,4,6-8H2. The first-order valence-corrected chi connectivity index (χ1v) is 5.52. The van der Waals surface area contributed by atoms with Crippen LogP contribution in [0.15, 0.2) is 18.2 Å². The van der Waals surface area contributed by atoms with E-state index >= 15 is 0 Å². The summed E-state index contributed by atoms with van der Waals surface area (Å²) in [5, 5.41) is 3.20. The van der Waals surface area contributed by atoms with Gasteiger partial charge in [0.15, 0.2) is 11.6 Å². The molecule has 1 fully saturated rings. The minimum absolute atomic E-state index is 0.108. The zero-order valence-corrected chi connectivity index (χ0v) is 9.01. The minimum atomic E-state index is -0.817. The molecule has 1 aromatic carbocycles. The Morgan fingerprint density at radius 3 is 3.00 bits per heavy atom. The van der Waals surface area contributed by atoms with Crippen LogP contribution in [0.3, 0.4) is 0 Å². The van der Waals surface area contributed by atoms with Crippen molar-refractivity contribution in [2.24, 2.45) is 0 Å². The fourth-order valence-electron chi connectivity index (χ4n) is 1.83. The van der Waals surface area contributed by atoms with Crippen LogP contribution in [0.1, 0.15) is 18.4 Å². The van der Waals surface area contributed by atoms with Gasteiger partial charge in [0.1, 0.15) is 0 Å². The Labute approximate surface area is 93.6 Å². The summed E-state index contributed by atoms with van der Waals surface area (Å²) < 4.78 is 31.7. The Hall–Kier alpha value is -1.00. The van der Waals surface area contributed by atoms with Gasteiger partial charge in [-0.2, -0.15) is 0 Å². The second kappa shape index (κ2) is 5.37. The lowest BCUT2D eigenvalue weighted by molar-refractivity contribution is 0.0237. The maximum atomic E-state index is 13.3. The molecule has 1 aliphatic rings. The molecule has 0 spiro atoms. The Balaban J connectivity index is 1.91. The largest absolute Gasteiger partial charge is 0.372 e. The van der Waals surface area contributed by atoms with E-state index < -0.39 is 11.6 Å². The van der Waals surface area contributed by atoms with Crippen LogP contribution in [-0.4, -0.2) is 19.2 Å². The summed E-state index contributed by atoms with van der Waals surface area (Å²) in [6.45, 7) is 1.93. The van der Waals surface area contributed by atoms with E-state index in [0.717, 1.165) is 32.0 Å². The van der Waals surface area contributed by atoms with Gasteiger partial charge < -0.3 is 10.1 Å². The third-order valence-corrected chi connectivity index (χ3v) is 2.76. The molecule has 16 heavy (non-hydrogen) atoms. The van der Waals surface area contributed by atoms with Gasteiger partial charge in [0, 0.05) is 12.1 Å². The van der Waals surface area contributed by atoms with Crippen molar-refractivity contribution in [2.75, 3.05) is 13.1 Å². The summed E-state index contributed by atoms with van der Waals surface area (Å²) in [6.07, 6.45) is 2.15. The van der Waals surface area contributed by atoms with Gasteiger partial charge in [0.2, 0.25) is 0 Å². The highest BCUT2D eigenvalue weighted by molar-refractivity contribution is 5.18. The molecule has 0 aromatic heterocycles. The van der Waals surface area contributed by atoms with Crippen molar-refractivity contribution >= 4 is 0 Å². The highest BCUT2D eigenvalue weighted by atomic mass is 19.2. The Morgan fingerprint density at radius 1 is 1.38 bits per heavy atom. The topological polar surface area (TPSA) is 21.3 Å². The number of benzene rings is 1. The van der Waals surface area contributed by atoms with Crippen LogP contribution in [-0.2, 0) is 11.3 Å². The van der Waals surface area contributed by atoms with Gasteiger partial charge >= 0.3 is 0 Å². The highest BCUT2D eigenvalue weighted by Gasteiger charge is 2.14. The fraction of sp³-hybridized carbons (Fsp3) is 0.500. The van der Waals surface area contributed by atoms with Crippen molar-refractivity contribution in [2.45, 2.75) is 25.6 Å². The zero-order valence-electron chi connectivity index (χ0n) is 9.01.